The first-order valence-electron chi connectivity index (χ1n) is 6.78. The van der Waals surface area contributed by atoms with Crippen LogP contribution in [-0.4, -0.2) is 27.7 Å². The highest BCUT2D eigenvalue weighted by atomic mass is 127. The lowest BCUT2D eigenvalue weighted by molar-refractivity contribution is -0.112. The smallest absolute Gasteiger partial charge is 0.317 e. The molecule has 0 unspecified atom stereocenters. The molecule has 0 radical (unpaired) electrons. The van der Waals surface area contributed by atoms with Crippen LogP contribution in [0.15, 0.2) is 48.5 Å². The number of amides is 1. The van der Waals surface area contributed by atoms with Crippen LogP contribution in [0.3, 0.4) is 0 Å². The van der Waals surface area contributed by atoms with Crippen LogP contribution < -0.4 is 9.04 Å². The molecule has 0 heterocycles. The predicted octanol–water partition coefficient (Wildman–Crippen LogP) is 2.64. The van der Waals surface area contributed by atoms with E-state index in [2.05, 4.69) is 11.8 Å². The lowest BCUT2D eigenvalue weighted by Gasteiger charge is -2.18. The van der Waals surface area contributed by atoms with Gasteiger partial charge in [-0.05, 0) is 59.0 Å². The van der Waals surface area contributed by atoms with E-state index in [-0.39, 0.29) is 5.69 Å². The van der Waals surface area contributed by atoms with Crippen molar-refractivity contribution in [2.45, 2.75) is 0 Å². The third kappa shape index (κ3) is 4.49. The van der Waals surface area contributed by atoms with Crippen molar-refractivity contribution in [3.63, 3.8) is 0 Å². The average Bonchev–Trinajstić information content (AvgIpc) is 2.54. The number of nitrogens with zero attached hydrogens (tertiary/aromatic N) is 1. The normalized spacial score (nSPS) is 10.5. The number of carbonyl (C=O) groups excluding carboxylic acids is 1. The maximum Gasteiger partial charge on any atom is 0.317 e. The van der Waals surface area contributed by atoms with Gasteiger partial charge in [0.1, 0.15) is 5.75 Å². The molecule has 2 aromatic carbocycles. The van der Waals surface area contributed by atoms with E-state index in [9.17, 15) is 13.2 Å². The summed E-state index contributed by atoms with van der Waals surface area (Å²) in [7, 11) is -2.25. The molecule has 0 aliphatic carbocycles. The molecule has 2 aromatic rings. The molecule has 0 aliphatic heterocycles. The summed E-state index contributed by atoms with van der Waals surface area (Å²) in [6, 6.07) is 13.5. The molecule has 0 atom stereocenters. The SMILES string of the molecule is COc1ccc(C#CC(=O)N(c2ccccc2I)S(C)(=O)=O)cc1. The molecular formula is C17H14INO4S. The van der Waals surface area contributed by atoms with Gasteiger partial charge in [0.15, 0.2) is 0 Å². The number of methoxy groups -OCH3 is 1. The van der Waals surface area contributed by atoms with Crippen molar-refractivity contribution in [2.24, 2.45) is 0 Å². The van der Waals surface area contributed by atoms with Gasteiger partial charge in [0.25, 0.3) is 0 Å². The second kappa shape index (κ2) is 7.68. The fourth-order valence-electron chi connectivity index (χ4n) is 1.91. The Morgan fingerprint density at radius 3 is 2.29 bits per heavy atom. The van der Waals surface area contributed by atoms with Crippen molar-refractivity contribution in [2.75, 3.05) is 17.7 Å². The minimum absolute atomic E-state index is 0.287. The number of halogens is 1. The first kappa shape index (κ1) is 18.3. The summed E-state index contributed by atoms with van der Waals surface area (Å²) in [5.74, 6) is 4.92. The summed E-state index contributed by atoms with van der Waals surface area (Å²) in [5, 5.41) is 0. The van der Waals surface area contributed by atoms with Crippen molar-refractivity contribution in [1.82, 2.24) is 0 Å². The average molecular weight is 455 g/mol. The zero-order chi connectivity index (χ0) is 17.7. The van der Waals surface area contributed by atoms with E-state index in [0.29, 0.717) is 19.2 Å². The molecule has 24 heavy (non-hydrogen) atoms. The summed E-state index contributed by atoms with van der Waals surface area (Å²) in [4.78, 5) is 12.4. The second-order valence-electron chi connectivity index (χ2n) is 4.76. The quantitative estimate of drug-likeness (QED) is 0.528. The molecule has 0 spiro atoms. The zero-order valence-electron chi connectivity index (χ0n) is 13.0. The molecule has 124 valence electrons. The molecule has 0 saturated carbocycles. The molecule has 5 nitrogen and oxygen atoms in total. The molecule has 2 rings (SSSR count). The van der Waals surface area contributed by atoms with Gasteiger partial charge in [-0.25, -0.2) is 8.42 Å². The monoisotopic (exact) mass is 455 g/mol. The van der Waals surface area contributed by atoms with E-state index < -0.39 is 15.9 Å². The number of hydrogen-bond acceptors (Lipinski definition) is 4. The van der Waals surface area contributed by atoms with Gasteiger partial charge >= 0.3 is 5.91 Å². The van der Waals surface area contributed by atoms with Crippen LogP contribution in [0.25, 0.3) is 0 Å². The van der Waals surface area contributed by atoms with Crippen molar-refractivity contribution >= 4 is 44.2 Å². The van der Waals surface area contributed by atoms with E-state index in [1.807, 2.05) is 22.6 Å². The third-order valence-electron chi connectivity index (χ3n) is 2.99. The molecule has 1 amide bonds. The summed E-state index contributed by atoms with van der Waals surface area (Å²) in [6.07, 6.45) is 0.975. The van der Waals surface area contributed by atoms with Crippen LogP contribution >= 0.6 is 22.6 Å². The third-order valence-corrected chi connectivity index (χ3v) is 4.93. The van der Waals surface area contributed by atoms with Crippen LogP contribution in [0.2, 0.25) is 0 Å². The van der Waals surface area contributed by atoms with Gasteiger partial charge in [0.2, 0.25) is 10.0 Å². The number of carbonyl (C=O) groups is 1. The van der Waals surface area contributed by atoms with Gasteiger partial charge in [-0.2, -0.15) is 4.31 Å². The van der Waals surface area contributed by atoms with Gasteiger partial charge in [-0.3, -0.25) is 4.79 Å². The van der Waals surface area contributed by atoms with E-state index in [4.69, 9.17) is 4.74 Å². The summed E-state index contributed by atoms with van der Waals surface area (Å²) in [5.41, 5.74) is 0.870. The first-order valence-corrected chi connectivity index (χ1v) is 9.70. The molecule has 0 fully saturated rings. The highest BCUT2D eigenvalue weighted by Crippen LogP contribution is 2.24. The first-order chi connectivity index (χ1) is 11.3. The number of para-hydroxylation sites is 1. The van der Waals surface area contributed by atoms with Crippen molar-refractivity contribution in [3.05, 3.63) is 57.7 Å². The lowest BCUT2D eigenvalue weighted by atomic mass is 10.2. The van der Waals surface area contributed by atoms with Gasteiger partial charge in [-0.15, -0.1) is 0 Å². The Bertz CT molecular complexity index is 912. The number of hydrogen-bond donors (Lipinski definition) is 0. The summed E-state index contributed by atoms with van der Waals surface area (Å²) < 4.78 is 30.5. The van der Waals surface area contributed by atoms with Crippen LogP contribution in [-0.2, 0) is 14.8 Å². The standard InChI is InChI=1S/C17H14INO4S/c1-23-14-10-7-13(8-11-14)9-12-17(20)19(24(2,21)22)16-6-4-3-5-15(16)18/h3-8,10-11H,1-2H3. The highest BCUT2D eigenvalue weighted by molar-refractivity contribution is 14.1. The Morgan fingerprint density at radius 2 is 1.75 bits per heavy atom. The Balaban J connectivity index is 2.37. The maximum absolute atomic E-state index is 12.4. The highest BCUT2D eigenvalue weighted by Gasteiger charge is 2.25. The Labute approximate surface area is 154 Å². The minimum atomic E-state index is -3.80. The molecule has 0 N–H and O–H groups in total. The molecule has 0 bridgehead atoms. The Morgan fingerprint density at radius 1 is 1.12 bits per heavy atom. The molecule has 0 aliphatic rings. The summed E-state index contributed by atoms with van der Waals surface area (Å²) in [6.45, 7) is 0. The molecule has 0 saturated heterocycles. The van der Waals surface area contributed by atoms with Crippen molar-refractivity contribution in [1.29, 1.82) is 0 Å². The minimum Gasteiger partial charge on any atom is -0.497 e. The number of benzene rings is 2. The van der Waals surface area contributed by atoms with E-state index in [1.54, 1.807) is 55.6 Å². The molecule has 7 heteroatoms. The maximum atomic E-state index is 12.4. The van der Waals surface area contributed by atoms with Crippen LogP contribution in [0.4, 0.5) is 5.69 Å². The van der Waals surface area contributed by atoms with Gasteiger partial charge in [0.05, 0.1) is 19.1 Å². The number of anilines is 1. The van der Waals surface area contributed by atoms with Crippen LogP contribution in [0.1, 0.15) is 5.56 Å². The predicted molar refractivity (Wildman–Crippen MR) is 101 cm³/mol. The fraction of sp³-hybridized carbons (Fsp3) is 0.118. The lowest BCUT2D eigenvalue weighted by Crippen LogP contribution is -2.35. The van der Waals surface area contributed by atoms with Crippen molar-refractivity contribution < 1.29 is 17.9 Å². The fourth-order valence-corrected chi connectivity index (χ4v) is 3.56. The van der Waals surface area contributed by atoms with E-state index in [0.717, 1.165) is 6.26 Å². The number of rotatable bonds is 3. The molecular weight excluding hydrogens is 441 g/mol. The van der Waals surface area contributed by atoms with Gasteiger partial charge in [0, 0.05) is 15.1 Å². The van der Waals surface area contributed by atoms with E-state index in [1.165, 1.54) is 0 Å². The zero-order valence-corrected chi connectivity index (χ0v) is 16.0. The summed E-state index contributed by atoms with van der Waals surface area (Å²) >= 11 is 1.98. The van der Waals surface area contributed by atoms with E-state index >= 15 is 0 Å². The number of ether oxygens (including phenoxy) is 1. The topological polar surface area (TPSA) is 63.7 Å². The van der Waals surface area contributed by atoms with Gasteiger partial charge in [-0.1, -0.05) is 18.1 Å². The number of sulfonamides is 1. The van der Waals surface area contributed by atoms with Gasteiger partial charge < -0.3 is 4.74 Å². The van der Waals surface area contributed by atoms with Crippen LogP contribution in [0.5, 0.6) is 5.75 Å². The Kier molecular flexibility index (Phi) is 5.85. The molecule has 0 aromatic heterocycles. The van der Waals surface area contributed by atoms with Crippen molar-refractivity contribution in [3.8, 4) is 17.6 Å². The largest absolute Gasteiger partial charge is 0.497 e. The van der Waals surface area contributed by atoms with Crippen LogP contribution in [0, 0.1) is 15.4 Å². The second-order valence-corrected chi connectivity index (χ2v) is 7.76. The Hall–Kier alpha value is -2.05.